The standard InChI is InChI=1S/C22H24F3N3O3/c1-3-31-17-6-4-15(5-7-17)21(30)28-12-10-16(11-13-28)27-20(29)18-8-9-19(22(23,24)25)26-14(18)2/h4-9,16H,3,10-13H2,1-2H3,(H,27,29). The van der Waals surface area contributed by atoms with Crippen molar-refractivity contribution in [3.8, 4) is 5.75 Å². The molecule has 1 saturated heterocycles. The van der Waals surface area contributed by atoms with Gasteiger partial charge in [0, 0.05) is 24.7 Å². The van der Waals surface area contributed by atoms with Crippen LogP contribution >= 0.6 is 0 Å². The topological polar surface area (TPSA) is 71.5 Å². The lowest BCUT2D eigenvalue weighted by atomic mass is 10.0. The van der Waals surface area contributed by atoms with E-state index in [1.165, 1.54) is 6.92 Å². The number of aromatic nitrogens is 1. The molecule has 2 heterocycles. The molecule has 1 aliphatic heterocycles. The molecule has 0 spiro atoms. The average molecular weight is 435 g/mol. The van der Waals surface area contributed by atoms with Gasteiger partial charge in [-0.1, -0.05) is 0 Å². The van der Waals surface area contributed by atoms with Gasteiger partial charge in [0.2, 0.25) is 0 Å². The molecule has 1 fully saturated rings. The lowest BCUT2D eigenvalue weighted by Crippen LogP contribution is -2.46. The van der Waals surface area contributed by atoms with Crippen LogP contribution in [0.25, 0.3) is 0 Å². The SMILES string of the molecule is CCOc1ccc(C(=O)N2CCC(NC(=O)c3ccc(C(F)(F)F)nc3C)CC2)cc1. The molecule has 2 amide bonds. The first kappa shape index (κ1) is 22.6. The molecular formula is C22H24F3N3O3. The number of carbonyl (C=O) groups is 2. The molecule has 0 atom stereocenters. The van der Waals surface area contributed by atoms with E-state index < -0.39 is 17.8 Å². The van der Waals surface area contributed by atoms with Crippen LogP contribution in [-0.4, -0.2) is 47.4 Å². The Morgan fingerprint density at radius 3 is 2.32 bits per heavy atom. The van der Waals surface area contributed by atoms with E-state index in [0.29, 0.717) is 43.9 Å². The Labute approximate surface area is 178 Å². The molecule has 2 aromatic rings. The van der Waals surface area contributed by atoms with Crippen LogP contribution in [0.4, 0.5) is 13.2 Å². The molecule has 0 saturated carbocycles. The minimum absolute atomic E-state index is 0.0236. The number of nitrogens with zero attached hydrogens (tertiary/aromatic N) is 2. The highest BCUT2D eigenvalue weighted by Gasteiger charge is 2.33. The zero-order valence-corrected chi connectivity index (χ0v) is 17.3. The van der Waals surface area contributed by atoms with Crippen molar-refractivity contribution in [2.45, 2.75) is 38.9 Å². The number of carbonyl (C=O) groups excluding carboxylic acids is 2. The Balaban J connectivity index is 1.55. The van der Waals surface area contributed by atoms with Gasteiger partial charge < -0.3 is 15.0 Å². The maximum atomic E-state index is 12.8. The molecule has 3 rings (SSSR count). The minimum atomic E-state index is -4.55. The van der Waals surface area contributed by atoms with Crippen LogP contribution in [0.1, 0.15) is 51.9 Å². The number of nitrogens with one attached hydrogen (secondary N) is 1. The molecule has 1 aromatic heterocycles. The van der Waals surface area contributed by atoms with Crippen LogP contribution in [0, 0.1) is 6.92 Å². The van der Waals surface area contributed by atoms with E-state index in [1.54, 1.807) is 29.2 Å². The highest BCUT2D eigenvalue weighted by molar-refractivity contribution is 5.96. The van der Waals surface area contributed by atoms with Gasteiger partial charge in [0.15, 0.2) is 0 Å². The monoisotopic (exact) mass is 435 g/mol. The number of hydrogen-bond acceptors (Lipinski definition) is 4. The first-order valence-corrected chi connectivity index (χ1v) is 10.1. The van der Waals surface area contributed by atoms with Crippen molar-refractivity contribution >= 4 is 11.8 Å². The van der Waals surface area contributed by atoms with Crippen LogP contribution in [0.15, 0.2) is 36.4 Å². The molecule has 31 heavy (non-hydrogen) atoms. The zero-order valence-electron chi connectivity index (χ0n) is 17.3. The maximum Gasteiger partial charge on any atom is 0.433 e. The molecule has 166 valence electrons. The highest BCUT2D eigenvalue weighted by atomic mass is 19.4. The molecule has 1 N–H and O–H groups in total. The van der Waals surface area contributed by atoms with E-state index in [2.05, 4.69) is 10.3 Å². The van der Waals surface area contributed by atoms with Crippen molar-refractivity contribution in [1.29, 1.82) is 0 Å². The van der Waals surface area contributed by atoms with Crippen molar-refractivity contribution in [2.75, 3.05) is 19.7 Å². The number of halogens is 3. The van der Waals surface area contributed by atoms with Gasteiger partial charge in [-0.15, -0.1) is 0 Å². The van der Waals surface area contributed by atoms with Crippen molar-refractivity contribution in [3.05, 3.63) is 58.9 Å². The number of rotatable bonds is 5. The third kappa shape index (κ3) is 5.53. The van der Waals surface area contributed by atoms with E-state index >= 15 is 0 Å². The Morgan fingerprint density at radius 1 is 1.13 bits per heavy atom. The van der Waals surface area contributed by atoms with Gasteiger partial charge in [0.1, 0.15) is 11.4 Å². The van der Waals surface area contributed by atoms with Gasteiger partial charge in [-0.3, -0.25) is 9.59 Å². The number of benzene rings is 1. The minimum Gasteiger partial charge on any atom is -0.494 e. The first-order valence-electron chi connectivity index (χ1n) is 10.1. The predicted molar refractivity (Wildman–Crippen MR) is 108 cm³/mol. The Kier molecular flexibility index (Phi) is 6.82. The number of likely N-dealkylation sites (tertiary alicyclic amines) is 1. The van der Waals surface area contributed by atoms with E-state index in [1.807, 2.05) is 6.92 Å². The number of piperidine rings is 1. The fourth-order valence-corrected chi connectivity index (χ4v) is 3.49. The van der Waals surface area contributed by atoms with E-state index in [0.717, 1.165) is 12.1 Å². The summed E-state index contributed by atoms with van der Waals surface area (Å²) in [7, 11) is 0. The third-order valence-electron chi connectivity index (χ3n) is 5.15. The van der Waals surface area contributed by atoms with Crippen molar-refractivity contribution < 1.29 is 27.5 Å². The van der Waals surface area contributed by atoms with E-state index in [-0.39, 0.29) is 23.2 Å². The maximum absolute atomic E-state index is 12.8. The molecule has 6 nitrogen and oxygen atoms in total. The molecular weight excluding hydrogens is 411 g/mol. The second-order valence-electron chi connectivity index (χ2n) is 7.32. The zero-order chi connectivity index (χ0) is 22.6. The van der Waals surface area contributed by atoms with Crippen LogP contribution in [0.5, 0.6) is 5.75 Å². The van der Waals surface area contributed by atoms with Crippen LogP contribution in [0.3, 0.4) is 0 Å². The van der Waals surface area contributed by atoms with E-state index in [9.17, 15) is 22.8 Å². The summed E-state index contributed by atoms with van der Waals surface area (Å²) in [5.41, 5.74) is -0.323. The van der Waals surface area contributed by atoms with Gasteiger partial charge in [0.25, 0.3) is 11.8 Å². The second-order valence-corrected chi connectivity index (χ2v) is 7.32. The normalized spacial score (nSPS) is 14.9. The predicted octanol–water partition coefficient (Wildman–Crippen LogP) is 3.84. The molecule has 1 aromatic carbocycles. The Hall–Kier alpha value is -3.10. The van der Waals surface area contributed by atoms with Crippen LogP contribution in [-0.2, 0) is 6.18 Å². The van der Waals surface area contributed by atoms with Crippen molar-refractivity contribution in [2.24, 2.45) is 0 Å². The van der Waals surface area contributed by atoms with E-state index in [4.69, 9.17) is 4.74 Å². The molecule has 0 aliphatic carbocycles. The summed E-state index contributed by atoms with van der Waals surface area (Å²) >= 11 is 0. The largest absolute Gasteiger partial charge is 0.494 e. The summed E-state index contributed by atoms with van der Waals surface area (Å²) in [5, 5.41) is 2.84. The summed E-state index contributed by atoms with van der Waals surface area (Å²) in [6, 6.07) is 8.74. The van der Waals surface area contributed by atoms with Gasteiger partial charge in [-0.05, 0) is 63.1 Å². The molecule has 0 bridgehead atoms. The lowest BCUT2D eigenvalue weighted by Gasteiger charge is -2.32. The summed E-state index contributed by atoms with van der Waals surface area (Å²) in [4.78, 5) is 30.4. The second kappa shape index (κ2) is 9.36. The number of aryl methyl sites for hydroxylation is 1. The van der Waals surface area contributed by atoms with Gasteiger partial charge in [0.05, 0.1) is 17.9 Å². The van der Waals surface area contributed by atoms with Crippen molar-refractivity contribution in [3.63, 3.8) is 0 Å². The number of ether oxygens (including phenoxy) is 1. The molecule has 9 heteroatoms. The summed E-state index contributed by atoms with van der Waals surface area (Å²) in [6.45, 7) is 4.76. The number of hydrogen-bond donors (Lipinski definition) is 1. The summed E-state index contributed by atoms with van der Waals surface area (Å²) < 4.78 is 43.6. The quantitative estimate of drug-likeness (QED) is 0.775. The molecule has 1 aliphatic rings. The van der Waals surface area contributed by atoms with Gasteiger partial charge in [-0.2, -0.15) is 13.2 Å². The molecule has 0 unspecified atom stereocenters. The fraction of sp³-hybridized carbons (Fsp3) is 0.409. The number of amides is 2. The first-order chi connectivity index (χ1) is 14.7. The van der Waals surface area contributed by atoms with Crippen LogP contribution < -0.4 is 10.1 Å². The van der Waals surface area contributed by atoms with Crippen molar-refractivity contribution in [1.82, 2.24) is 15.2 Å². The molecule has 0 radical (unpaired) electrons. The summed E-state index contributed by atoms with van der Waals surface area (Å²) in [6.07, 6.45) is -3.44. The lowest BCUT2D eigenvalue weighted by molar-refractivity contribution is -0.141. The third-order valence-corrected chi connectivity index (χ3v) is 5.15. The van der Waals surface area contributed by atoms with Crippen LogP contribution in [0.2, 0.25) is 0 Å². The number of alkyl halides is 3. The Bertz CT molecular complexity index is 937. The smallest absolute Gasteiger partial charge is 0.433 e. The average Bonchev–Trinajstić information content (AvgIpc) is 2.74. The number of pyridine rings is 1. The van der Waals surface area contributed by atoms with Gasteiger partial charge in [-0.25, -0.2) is 4.98 Å². The highest BCUT2D eigenvalue weighted by Crippen LogP contribution is 2.28. The fourth-order valence-electron chi connectivity index (χ4n) is 3.49. The Morgan fingerprint density at radius 2 is 1.77 bits per heavy atom. The van der Waals surface area contributed by atoms with Gasteiger partial charge >= 0.3 is 6.18 Å². The summed E-state index contributed by atoms with van der Waals surface area (Å²) in [5.74, 6) is 0.152.